The quantitative estimate of drug-likeness (QED) is 0.385. The minimum atomic E-state index is -4.95. The van der Waals surface area contributed by atoms with Crippen molar-refractivity contribution in [2.24, 2.45) is 0 Å². The van der Waals surface area contributed by atoms with Gasteiger partial charge < -0.3 is 9.11 Å². The van der Waals surface area contributed by atoms with Crippen molar-refractivity contribution in [3.05, 3.63) is 35.4 Å². The van der Waals surface area contributed by atoms with E-state index < -0.39 is 30.0 Å². The zero-order valence-corrected chi connectivity index (χ0v) is 21.4. The molecule has 0 bridgehead atoms. The monoisotopic (exact) mass is 416 g/mol. The standard InChI is InChI=1S/C16H20O6S2.2Na/c1-9(2)11-5-7-13(23(17,18)19)16-14(24(20,21)22)8-6-12(10(3)4)15(11)16;;/h5-10H,1-4H3,(H,17,18,19)(H,20,21,22);;/q;2*+1/p-2. The summed E-state index contributed by atoms with van der Waals surface area (Å²) in [6, 6.07) is 5.17. The van der Waals surface area contributed by atoms with Gasteiger partial charge in [-0.3, -0.25) is 0 Å². The normalized spacial score (nSPS) is 12.2. The van der Waals surface area contributed by atoms with Crippen LogP contribution in [0.5, 0.6) is 0 Å². The summed E-state index contributed by atoms with van der Waals surface area (Å²) in [5.41, 5.74) is 1.37. The van der Waals surface area contributed by atoms with Gasteiger partial charge in [-0.05, 0) is 40.5 Å². The third-order valence-corrected chi connectivity index (χ3v) is 5.69. The van der Waals surface area contributed by atoms with Crippen LogP contribution < -0.4 is 59.1 Å². The number of hydrogen-bond donors (Lipinski definition) is 0. The number of hydrogen-bond acceptors (Lipinski definition) is 6. The molecule has 10 heteroatoms. The van der Waals surface area contributed by atoms with Crippen LogP contribution >= 0.6 is 0 Å². The summed E-state index contributed by atoms with van der Waals surface area (Å²) in [6.07, 6.45) is 0. The molecular weight excluding hydrogens is 398 g/mol. The molecule has 0 saturated carbocycles. The first-order chi connectivity index (χ1) is 10.9. The van der Waals surface area contributed by atoms with Crippen molar-refractivity contribution < 1.29 is 85.1 Å². The molecule has 0 atom stereocenters. The molecule has 0 amide bonds. The predicted octanol–water partition coefficient (Wildman–Crippen LogP) is -3.10. The molecule has 2 aromatic carbocycles. The van der Waals surface area contributed by atoms with Crippen molar-refractivity contribution >= 4 is 31.0 Å². The van der Waals surface area contributed by atoms with Gasteiger partial charge >= 0.3 is 59.1 Å². The Hall–Kier alpha value is 0.520. The fourth-order valence-corrected chi connectivity index (χ4v) is 4.32. The number of rotatable bonds is 4. The van der Waals surface area contributed by atoms with E-state index in [4.69, 9.17) is 0 Å². The molecule has 0 saturated heterocycles. The molecule has 0 N–H and O–H groups in total. The van der Waals surface area contributed by atoms with Crippen LogP contribution in [0.4, 0.5) is 0 Å². The molecule has 0 fully saturated rings. The van der Waals surface area contributed by atoms with E-state index in [1.54, 1.807) is 0 Å². The first-order valence-electron chi connectivity index (χ1n) is 7.37. The zero-order chi connectivity index (χ0) is 18.4. The molecule has 0 spiro atoms. The molecule has 0 aromatic heterocycles. The Morgan fingerprint density at radius 1 is 0.654 bits per heavy atom. The molecule has 0 aliphatic carbocycles. The second-order valence-electron chi connectivity index (χ2n) is 6.27. The van der Waals surface area contributed by atoms with E-state index in [0.717, 1.165) is 12.1 Å². The van der Waals surface area contributed by atoms with E-state index in [0.29, 0.717) is 16.5 Å². The molecule has 0 radical (unpaired) electrons. The molecule has 0 unspecified atom stereocenters. The third-order valence-electron chi connectivity index (χ3n) is 3.93. The van der Waals surface area contributed by atoms with Gasteiger partial charge in [-0.15, -0.1) is 0 Å². The van der Waals surface area contributed by atoms with Crippen LogP contribution in [0.25, 0.3) is 10.8 Å². The minimum absolute atomic E-state index is 0. The average Bonchev–Trinajstić information content (AvgIpc) is 2.42. The topological polar surface area (TPSA) is 114 Å². The van der Waals surface area contributed by atoms with E-state index in [9.17, 15) is 25.9 Å². The maximum absolute atomic E-state index is 11.6. The van der Waals surface area contributed by atoms with Gasteiger partial charge in [0.1, 0.15) is 20.2 Å². The summed E-state index contributed by atoms with van der Waals surface area (Å²) in [6.45, 7) is 7.45. The summed E-state index contributed by atoms with van der Waals surface area (Å²) in [7, 11) is -9.90. The van der Waals surface area contributed by atoms with E-state index in [1.807, 2.05) is 27.7 Å². The summed E-state index contributed by atoms with van der Waals surface area (Å²) >= 11 is 0. The second kappa shape index (κ2) is 9.35. The van der Waals surface area contributed by atoms with Gasteiger partial charge in [0.2, 0.25) is 0 Å². The van der Waals surface area contributed by atoms with E-state index in [2.05, 4.69) is 0 Å². The first-order valence-corrected chi connectivity index (χ1v) is 10.2. The van der Waals surface area contributed by atoms with Crippen molar-refractivity contribution in [3.63, 3.8) is 0 Å². The van der Waals surface area contributed by atoms with Crippen LogP contribution in [-0.4, -0.2) is 25.9 Å². The van der Waals surface area contributed by atoms with Gasteiger partial charge in [0, 0.05) is 5.39 Å². The van der Waals surface area contributed by atoms with Crippen LogP contribution in [0.15, 0.2) is 34.1 Å². The van der Waals surface area contributed by atoms with Gasteiger partial charge in [0.15, 0.2) is 0 Å². The molecule has 0 aliphatic heterocycles. The Balaban J connectivity index is 0.00000312. The van der Waals surface area contributed by atoms with Crippen LogP contribution in [0.3, 0.4) is 0 Å². The molecule has 132 valence electrons. The van der Waals surface area contributed by atoms with Gasteiger partial charge in [-0.1, -0.05) is 39.8 Å². The summed E-state index contributed by atoms with van der Waals surface area (Å²) in [4.78, 5) is -1.36. The largest absolute Gasteiger partial charge is 1.00 e. The first kappa shape index (κ1) is 26.5. The Bertz CT molecular complexity index is 934. The van der Waals surface area contributed by atoms with Crippen molar-refractivity contribution in [1.82, 2.24) is 0 Å². The van der Waals surface area contributed by atoms with Gasteiger partial charge in [0.05, 0.1) is 9.79 Å². The molecule has 2 rings (SSSR count). The van der Waals surface area contributed by atoms with Crippen LogP contribution in [0.1, 0.15) is 50.7 Å². The second-order valence-corrected chi connectivity index (χ2v) is 8.97. The van der Waals surface area contributed by atoms with Crippen LogP contribution in [-0.2, 0) is 20.2 Å². The van der Waals surface area contributed by atoms with Crippen molar-refractivity contribution in [2.45, 2.75) is 49.3 Å². The molecular formula is C16H18Na2O6S2. The fourth-order valence-electron chi connectivity index (χ4n) is 2.87. The SMILES string of the molecule is CC(C)c1ccc(S(=O)(=O)[O-])c2c(S(=O)(=O)[O-])ccc(C(C)C)c12.[Na+].[Na+]. The summed E-state index contributed by atoms with van der Waals surface area (Å²) in [5, 5.41) is 0.0613. The summed E-state index contributed by atoms with van der Waals surface area (Å²) < 4.78 is 69.8. The molecule has 26 heavy (non-hydrogen) atoms. The predicted molar refractivity (Wildman–Crippen MR) is 88.1 cm³/mol. The fraction of sp³-hybridized carbons (Fsp3) is 0.375. The zero-order valence-electron chi connectivity index (χ0n) is 15.7. The van der Waals surface area contributed by atoms with Gasteiger partial charge in [-0.2, -0.15) is 0 Å². The minimum Gasteiger partial charge on any atom is -0.744 e. The summed E-state index contributed by atoms with van der Waals surface area (Å²) in [5.74, 6) is -0.115. The Kier molecular flexibility index (Phi) is 9.53. The smallest absolute Gasteiger partial charge is 0.744 e. The maximum Gasteiger partial charge on any atom is 1.00 e. The third kappa shape index (κ3) is 5.31. The number of benzene rings is 2. The van der Waals surface area contributed by atoms with Gasteiger partial charge in [0.25, 0.3) is 0 Å². The maximum atomic E-state index is 11.6. The number of fused-ring (bicyclic) bond motifs is 1. The van der Waals surface area contributed by atoms with E-state index in [-0.39, 0.29) is 76.3 Å². The average molecular weight is 416 g/mol. The Morgan fingerprint density at radius 3 is 1.19 bits per heavy atom. The van der Waals surface area contributed by atoms with Crippen molar-refractivity contribution in [2.75, 3.05) is 0 Å². The molecule has 0 heterocycles. The molecule has 2 aromatic rings. The van der Waals surface area contributed by atoms with Crippen LogP contribution in [0, 0.1) is 0 Å². The Labute approximate surface area is 198 Å². The van der Waals surface area contributed by atoms with Gasteiger partial charge in [-0.25, -0.2) is 16.8 Å². The molecule has 6 nitrogen and oxygen atoms in total. The molecule has 0 aliphatic rings. The van der Waals surface area contributed by atoms with Crippen LogP contribution in [0.2, 0.25) is 0 Å². The Morgan fingerprint density at radius 2 is 0.962 bits per heavy atom. The van der Waals surface area contributed by atoms with E-state index >= 15 is 0 Å². The van der Waals surface area contributed by atoms with E-state index in [1.165, 1.54) is 12.1 Å². The van der Waals surface area contributed by atoms with Crippen molar-refractivity contribution in [3.8, 4) is 0 Å². The van der Waals surface area contributed by atoms with Crippen molar-refractivity contribution in [1.29, 1.82) is 0 Å².